The fraction of sp³-hybridized carbons (Fsp3) is 0.600. The number of nitrogens with one attached hydrogen (secondary N) is 1. The molecule has 1 aliphatic rings. The topological polar surface area (TPSA) is 35.5 Å². The van der Waals surface area contributed by atoms with Crippen LogP contribution >= 0.6 is 35.0 Å². The minimum atomic E-state index is -0.135. The van der Waals surface area contributed by atoms with Crippen LogP contribution in [0.25, 0.3) is 0 Å². The average Bonchev–Trinajstić information content (AvgIpc) is 2.42. The number of hydrogen-bond acceptors (Lipinski definition) is 3. The molecule has 0 aliphatic carbocycles. The van der Waals surface area contributed by atoms with Gasteiger partial charge in [-0.2, -0.15) is 0 Å². The molecule has 2 N–H and O–H groups in total. The van der Waals surface area contributed by atoms with Gasteiger partial charge in [-0.1, -0.05) is 26.0 Å². The minimum Gasteiger partial charge on any atom is -0.396 e. The molecule has 0 radical (unpaired) electrons. The zero-order valence-electron chi connectivity index (χ0n) is 12.1. The first-order valence-electron chi connectivity index (χ1n) is 6.86. The van der Waals surface area contributed by atoms with Crippen molar-refractivity contribution in [1.29, 1.82) is 0 Å². The number of nitrogens with zero attached hydrogens (tertiary/aromatic N) is 1. The molecule has 2 rings (SSSR count). The van der Waals surface area contributed by atoms with E-state index in [0.29, 0.717) is 0 Å². The molecule has 1 aromatic rings. The molecule has 0 spiro atoms. The second-order valence-corrected chi connectivity index (χ2v) is 7.13. The third kappa shape index (κ3) is 4.31. The van der Waals surface area contributed by atoms with Gasteiger partial charge in [-0.15, -0.1) is 12.4 Å². The number of aliphatic hydroxyl groups excluding tert-OH is 1. The summed E-state index contributed by atoms with van der Waals surface area (Å²) in [7, 11) is 0. The predicted molar refractivity (Wildman–Crippen MR) is 94.5 cm³/mol. The summed E-state index contributed by atoms with van der Waals surface area (Å²) in [6.45, 7) is 8.65. The van der Waals surface area contributed by atoms with E-state index in [1.807, 2.05) is 0 Å². The molecule has 0 saturated carbocycles. The highest BCUT2D eigenvalue weighted by Crippen LogP contribution is 2.38. The van der Waals surface area contributed by atoms with Crippen molar-refractivity contribution in [2.75, 3.05) is 32.8 Å². The number of aliphatic hydroxyl groups is 1. The van der Waals surface area contributed by atoms with Crippen LogP contribution in [-0.4, -0.2) is 42.8 Å². The van der Waals surface area contributed by atoms with Gasteiger partial charge in [0.15, 0.2) is 0 Å². The Bertz CT molecular complexity index is 405. The highest BCUT2D eigenvalue weighted by Gasteiger charge is 2.35. The summed E-state index contributed by atoms with van der Waals surface area (Å²) in [5.74, 6) is 0. The summed E-state index contributed by atoms with van der Waals surface area (Å²) in [6, 6.07) is 8.98. The van der Waals surface area contributed by atoms with Gasteiger partial charge in [0.1, 0.15) is 0 Å². The van der Waals surface area contributed by atoms with Crippen LogP contribution in [-0.2, 0) is 0 Å². The lowest BCUT2D eigenvalue weighted by molar-refractivity contribution is 0.0305. The van der Waals surface area contributed by atoms with Crippen LogP contribution in [0.2, 0.25) is 0 Å². The smallest absolute Gasteiger partial charge is 0.0500 e. The normalized spacial score (nSPS) is 18.4. The second-order valence-electron chi connectivity index (χ2n) is 5.89. The molecule has 1 aliphatic heterocycles. The second kappa shape index (κ2) is 7.94. The summed E-state index contributed by atoms with van der Waals surface area (Å²) in [6.07, 6.45) is 0. The molecule has 3 nitrogen and oxygen atoms in total. The molecule has 0 amide bonds. The number of halogens is 2. The molecule has 0 unspecified atom stereocenters. The Balaban J connectivity index is 0.00000200. The van der Waals surface area contributed by atoms with E-state index in [1.54, 1.807) is 0 Å². The fourth-order valence-electron chi connectivity index (χ4n) is 2.83. The highest BCUT2D eigenvalue weighted by atomic mass is 127. The number of piperazine rings is 1. The molecule has 5 heteroatoms. The van der Waals surface area contributed by atoms with Crippen molar-refractivity contribution in [3.8, 4) is 0 Å². The van der Waals surface area contributed by atoms with Crippen molar-refractivity contribution in [2.45, 2.75) is 19.9 Å². The first-order chi connectivity index (χ1) is 9.04. The Morgan fingerprint density at radius 2 is 1.80 bits per heavy atom. The molecule has 1 heterocycles. The molecule has 1 aromatic carbocycles. The van der Waals surface area contributed by atoms with Crippen molar-refractivity contribution in [3.63, 3.8) is 0 Å². The maximum Gasteiger partial charge on any atom is 0.0500 e. The summed E-state index contributed by atoms with van der Waals surface area (Å²) in [4.78, 5) is 2.49. The summed E-state index contributed by atoms with van der Waals surface area (Å²) in [5.41, 5.74) is 1.17. The predicted octanol–water partition coefficient (Wildman–Crippen LogP) is 2.68. The number of benzene rings is 1. The van der Waals surface area contributed by atoms with E-state index < -0.39 is 0 Å². The third-order valence-electron chi connectivity index (χ3n) is 3.85. The van der Waals surface area contributed by atoms with Crippen LogP contribution in [0, 0.1) is 8.99 Å². The van der Waals surface area contributed by atoms with E-state index in [9.17, 15) is 5.11 Å². The van der Waals surface area contributed by atoms with Crippen LogP contribution in [0.5, 0.6) is 0 Å². The first kappa shape index (κ1) is 18.2. The van der Waals surface area contributed by atoms with Gasteiger partial charge in [-0.05, 0) is 40.3 Å². The lowest BCUT2D eigenvalue weighted by Gasteiger charge is -2.43. The monoisotopic (exact) mass is 410 g/mol. The quantitative estimate of drug-likeness (QED) is 0.749. The van der Waals surface area contributed by atoms with E-state index in [-0.39, 0.29) is 30.5 Å². The Kier molecular flexibility index (Phi) is 7.21. The van der Waals surface area contributed by atoms with Crippen molar-refractivity contribution < 1.29 is 5.11 Å². The lowest BCUT2D eigenvalue weighted by atomic mass is 9.80. The Hall–Kier alpha value is 0.120. The van der Waals surface area contributed by atoms with Crippen LogP contribution in [0.1, 0.15) is 25.5 Å². The van der Waals surface area contributed by atoms with Gasteiger partial charge in [0.2, 0.25) is 0 Å². The van der Waals surface area contributed by atoms with Crippen molar-refractivity contribution in [3.05, 3.63) is 33.4 Å². The molecule has 1 atom stereocenters. The van der Waals surface area contributed by atoms with Gasteiger partial charge < -0.3 is 10.4 Å². The number of rotatable bonds is 4. The number of hydrogen-bond donors (Lipinski definition) is 2. The van der Waals surface area contributed by atoms with E-state index in [1.165, 1.54) is 9.13 Å². The van der Waals surface area contributed by atoms with Crippen molar-refractivity contribution in [1.82, 2.24) is 10.2 Å². The summed E-state index contributed by atoms with van der Waals surface area (Å²) >= 11 is 2.33. The standard InChI is InChI=1S/C15H23IN2O.ClH/c1-15(2,11-19)14(18-9-7-17-8-10-18)12-3-5-13(16)6-4-12;/h3-6,14,17,19H,7-11H2,1-2H3;1H/t14-;/m0./s1. The maximum atomic E-state index is 9.77. The van der Waals surface area contributed by atoms with Crippen LogP contribution in [0.3, 0.4) is 0 Å². The fourth-order valence-corrected chi connectivity index (χ4v) is 3.19. The molecule has 0 aromatic heterocycles. The third-order valence-corrected chi connectivity index (χ3v) is 4.57. The van der Waals surface area contributed by atoms with Gasteiger partial charge in [0, 0.05) is 47.8 Å². The van der Waals surface area contributed by atoms with Gasteiger partial charge in [-0.25, -0.2) is 0 Å². The van der Waals surface area contributed by atoms with E-state index in [2.05, 4.69) is 70.9 Å². The zero-order chi connectivity index (χ0) is 13.9. The zero-order valence-corrected chi connectivity index (χ0v) is 15.1. The van der Waals surface area contributed by atoms with Gasteiger partial charge in [-0.3, -0.25) is 4.90 Å². The Morgan fingerprint density at radius 1 is 1.25 bits per heavy atom. The lowest BCUT2D eigenvalue weighted by Crippen LogP contribution is -2.49. The maximum absolute atomic E-state index is 9.77. The molecule has 1 saturated heterocycles. The van der Waals surface area contributed by atoms with Crippen LogP contribution < -0.4 is 5.32 Å². The van der Waals surface area contributed by atoms with Crippen LogP contribution in [0.15, 0.2) is 24.3 Å². The average molecular weight is 411 g/mol. The minimum absolute atomic E-state index is 0. The highest BCUT2D eigenvalue weighted by molar-refractivity contribution is 14.1. The van der Waals surface area contributed by atoms with Gasteiger partial charge >= 0.3 is 0 Å². The molecule has 20 heavy (non-hydrogen) atoms. The summed E-state index contributed by atoms with van der Waals surface area (Å²) in [5, 5.41) is 13.2. The van der Waals surface area contributed by atoms with Crippen LogP contribution in [0.4, 0.5) is 0 Å². The largest absolute Gasteiger partial charge is 0.396 e. The van der Waals surface area contributed by atoms with Gasteiger partial charge in [0.25, 0.3) is 0 Å². The molecule has 1 fully saturated rings. The first-order valence-corrected chi connectivity index (χ1v) is 7.93. The molecular weight excluding hydrogens is 387 g/mol. The SMILES string of the molecule is CC(C)(CO)[C@H](c1ccc(I)cc1)N1CCNCC1.Cl. The molecule has 0 bridgehead atoms. The van der Waals surface area contributed by atoms with E-state index in [0.717, 1.165) is 26.2 Å². The van der Waals surface area contributed by atoms with E-state index in [4.69, 9.17) is 0 Å². The van der Waals surface area contributed by atoms with E-state index >= 15 is 0 Å². The summed E-state index contributed by atoms with van der Waals surface area (Å²) < 4.78 is 1.25. The molecular formula is C15H24ClIN2O. The van der Waals surface area contributed by atoms with Crippen molar-refractivity contribution in [2.24, 2.45) is 5.41 Å². The van der Waals surface area contributed by atoms with Crippen molar-refractivity contribution >= 4 is 35.0 Å². The Labute approximate surface area is 141 Å². The Morgan fingerprint density at radius 3 is 2.30 bits per heavy atom. The van der Waals surface area contributed by atoms with Gasteiger partial charge in [0.05, 0.1) is 0 Å². The molecule has 114 valence electrons.